The lowest BCUT2D eigenvalue weighted by Gasteiger charge is -1.95. The standard InChI is InChI=1S/C11H21/c1-3-5-7-9-11-10-8-6-4-2/h5,7H,1,3-4,6,8-11H2,2H3/b7-5+. The van der Waals surface area contributed by atoms with Crippen LogP contribution in [0, 0.1) is 6.92 Å². The lowest BCUT2D eigenvalue weighted by molar-refractivity contribution is 0.637. The predicted octanol–water partition coefficient (Wildman–Crippen LogP) is 4.13. The smallest absolute Gasteiger partial charge is 0.0351 e. The van der Waals surface area contributed by atoms with Gasteiger partial charge in [0.1, 0.15) is 0 Å². The van der Waals surface area contributed by atoms with Crippen LogP contribution < -0.4 is 0 Å². The summed E-state index contributed by atoms with van der Waals surface area (Å²) in [6.45, 7) is 6.00. The van der Waals surface area contributed by atoms with E-state index in [0.29, 0.717) is 0 Å². The largest absolute Gasteiger partial charge is 0.0885 e. The second-order valence-corrected chi connectivity index (χ2v) is 2.96. The van der Waals surface area contributed by atoms with Crippen LogP contribution in [0.1, 0.15) is 51.9 Å². The highest BCUT2D eigenvalue weighted by atomic mass is 13.9. The van der Waals surface area contributed by atoms with Crippen LogP contribution in [0.15, 0.2) is 12.2 Å². The van der Waals surface area contributed by atoms with E-state index in [4.69, 9.17) is 0 Å². The van der Waals surface area contributed by atoms with Crippen molar-refractivity contribution in [2.75, 3.05) is 0 Å². The minimum absolute atomic E-state index is 0.939. The van der Waals surface area contributed by atoms with Gasteiger partial charge >= 0.3 is 0 Å². The third kappa shape index (κ3) is 9.74. The van der Waals surface area contributed by atoms with Crippen molar-refractivity contribution in [1.82, 2.24) is 0 Å². The van der Waals surface area contributed by atoms with Crippen molar-refractivity contribution >= 4 is 0 Å². The summed E-state index contributed by atoms with van der Waals surface area (Å²) < 4.78 is 0. The molecule has 0 nitrogen and oxygen atoms in total. The van der Waals surface area contributed by atoms with Gasteiger partial charge in [-0.2, -0.15) is 0 Å². The molecule has 0 aromatic rings. The first-order valence-corrected chi connectivity index (χ1v) is 4.86. The Morgan fingerprint density at radius 2 is 1.73 bits per heavy atom. The van der Waals surface area contributed by atoms with Gasteiger partial charge in [0.2, 0.25) is 0 Å². The first-order valence-electron chi connectivity index (χ1n) is 4.86. The second kappa shape index (κ2) is 9.74. The van der Waals surface area contributed by atoms with E-state index in [-0.39, 0.29) is 0 Å². The van der Waals surface area contributed by atoms with E-state index in [9.17, 15) is 0 Å². The lowest BCUT2D eigenvalue weighted by atomic mass is 10.1. The van der Waals surface area contributed by atoms with Crippen molar-refractivity contribution < 1.29 is 0 Å². The molecule has 1 radical (unpaired) electrons. The third-order valence-electron chi connectivity index (χ3n) is 1.81. The molecule has 0 rings (SSSR count). The van der Waals surface area contributed by atoms with E-state index in [1.165, 1.54) is 38.5 Å². The minimum atomic E-state index is 0.939. The Bertz CT molecular complexity index is 82.0. The molecule has 0 aliphatic heterocycles. The van der Waals surface area contributed by atoms with Gasteiger partial charge in [-0.1, -0.05) is 44.8 Å². The van der Waals surface area contributed by atoms with E-state index in [1.807, 2.05) is 0 Å². The highest BCUT2D eigenvalue weighted by Gasteiger charge is 1.85. The first kappa shape index (κ1) is 10.7. The average Bonchev–Trinajstić information content (AvgIpc) is 2.03. The van der Waals surface area contributed by atoms with Crippen LogP contribution in [-0.2, 0) is 0 Å². The highest BCUT2D eigenvalue weighted by Crippen LogP contribution is 2.05. The van der Waals surface area contributed by atoms with Gasteiger partial charge in [0, 0.05) is 0 Å². The molecule has 65 valence electrons. The zero-order valence-electron chi connectivity index (χ0n) is 7.81. The van der Waals surface area contributed by atoms with Gasteiger partial charge < -0.3 is 0 Å². The van der Waals surface area contributed by atoms with Crippen molar-refractivity contribution in [1.29, 1.82) is 0 Å². The SMILES string of the molecule is [CH2]C/C=C/CCCCCCC. The molecule has 0 atom stereocenters. The summed E-state index contributed by atoms with van der Waals surface area (Å²) in [7, 11) is 0. The highest BCUT2D eigenvalue weighted by molar-refractivity contribution is 4.81. The fourth-order valence-corrected chi connectivity index (χ4v) is 1.10. The monoisotopic (exact) mass is 153 g/mol. The number of allylic oxidation sites excluding steroid dienone is 2. The van der Waals surface area contributed by atoms with Crippen LogP contribution in [0.2, 0.25) is 0 Å². The molecule has 0 aromatic heterocycles. The summed E-state index contributed by atoms with van der Waals surface area (Å²) in [5, 5.41) is 0. The van der Waals surface area contributed by atoms with Crippen LogP contribution in [0.4, 0.5) is 0 Å². The van der Waals surface area contributed by atoms with Crippen LogP contribution in [0.3, 0.4) is 0 Å². The second-order valence-electron chi connectivity index (χ2n) is 2.96. The van der Waals surface area contributed by atoms with Gasteiger partial charge in [0.15, 0.2) is 0 Å². The molecule has 0 spiro atoms. The van der Waals surface area contributed by atoms with E-state index in [2.05, 4.69) is 26.0 Å². The molecule has 0 aliphatic rings. The Labute approximate surface area is 71.7 Å². The summed E-state index contributed by atoms with van der Waals surface area (Å²) in [4.78, 5) is 0. The van der Waals surface area contributed by atoms with Gasteiger partial charge in [-0.3, -0.25) is 0 Å². The van der Waals surface area contributed by atoms with Crippen LogP contribution >= 0.6 is 0 Å². The molecule has 0 aliphatic carbocycles. The number of hydrogen-bond acceptors (Lipinski definition) is 0. The Morgan fingerprint density at radius 3 is 2.36 bits per heavy atom. The van der Waals surface area contributed by atoms with Gasteiger partial charge in [-0.15, -0.1) is 0 Å². The zero-order chi connectivity index (χ0) is 8.36. The fraction of sp³-hybridized carbons (Fsp3) is 0.727. The molecule has 0 aromatic carbocycles. The average molecular weight is 153 g/mol. The molecule has 0 saturated carbocycles. The van der Waals surface area contributed by atoms with Gasteiger partial charge in [-0.25, -0.2) is 0 Å². The molecule has 0 heterocycles. The third-order valence-corrected chi connectivity index (χ3v) is 1.81. The molecule has 0 heteroatoms. The molecule has 0 saturated heterocycles. The molecule has 11 heavy (non-hydrogen) atoms. The van der Waals surface area contributed by atoms with Crippen molar-refractivity contribution in [3.63, 3.8) is 0 Å². The summed E-state index contributed by atoms with van der Waals surface area (Å²) in [6.07, 6.45) is 13.5. The molecule has 0 bridgehead atoms. The maximum atomic E-state index is 3.75. The Hall–Kier alpha value is -0.260. The summed E-state index contributed by atoms with van der Waals surface area (Å²) >= 11 is 0. The minimum Gasteiger partial charge on any atom is -0.0885 e. The molecular weight excluding hydrogens is 132 g/mol. The Morgan fingerprint density at radius 1 is 1.00 bits per heavy atom. The number of unbranched alkanes of at least 4 members (excludes halogenated alkanes) is 5. The maximum absolute atomic E-state index is 3.75. The summed E-state index contributed by atoms with van der Waals surface area (Å²) in [6, 6.07) is 0. The lowest BCUT2D eigenvalue weighted by Crippen LogP contribution is -1.75. The molecule has 0 N–H and O–H groups in total. The normalized spacial score (nSPS) is 11.1. The maximum Gasteiger partial charge on any atom is -0.0351 e. The molecule has 0 fully saturated rings. The van der Waals surface area contributed by atoms with E-state index >= 15 is 0 Å². The van der Waals surface area contributed by atoms with Gasteiger partial charge in [0.25, 0.3) is 0 Å². The van der Waals surface area contributed by atoms with E-state index in [0.717, 1.165) is 6.42 Å². The van der Waals surface area contributed by atoms with Crippen LogP contribution in [-0.4, -0.2) is 0 Å². The van der Waals surface area contributed by atoms with E-state index in [1.54, 1.807) is 0 Å². The van der Waals surface area contributed by atoms with Crippen molar-refractivity contribution in [2.24, 2.45) is 0 Å². The first-order chi connectivity index (χ1) is 5.41. The quantitative estimate of drug-likeness (QED) is 0.381. The number of rotatable bonds is 7. The summed E-state index contributed by atoms with van der Waals surface area (Å²) in [5.41, 5.74) is 0. The molecule has 0 amide bonds. The Balaban J connectivity index is 2.85. The van der Waals surface area contributed by atoms with Gasteiger partial charge in [0.05, 0.1) is 0 Å². The van der Waals surface area contributed by atoms with Gasteiger partial charge in [-0.05, 0) is 26.2 Å². The van der Waals surface area contributed by atoms with Crippen molar-refractivity contribution in [3.05, 3.63) is 19.1 Å². The van der Waals surface area contributed by atoms with Crippen LogP contribution in [0.25, 0.3) is 0 Å². The molecule has 0 unspecified atom stereocenters. The van der Waals surface area contributed by atoms with Crippen molar-refractivity contribution in [2.45, 2.75) is 51.9 Å². The Kier molecular flexibility index (Phi) is 9.51. The van der Waals surface area contributed by atoms with E-state index < -0.39 is 0 Å². The zero-order valence-corrected chi connectivity index (χ0v) is 7.81. The predicted molar refractivity (Wildman–Crippen MR) is 52.5 cm³/mol. The summed E-state index contributed by atoms with van der Waals surface area (Å²) in [5.74, 6) is 0. The van der Waals surface area contributed by atoms with Crippen LogP contribution in [0.5, 0.6) is 0 Å². The van der Waals surface area contributed by atoms with Crippen molar-refractivity contribution in [3.8, 4) is 0 Å². The topological polar surface area (TPSA) is 0 Å². The number of hydrogen-bond donors (Lipinski definition) is 0. The fourth-order valence-electron chi connectivity index (χ4n) is 1.10. The molecular formula is C11H21.